The normalized spacial score (nSPS) is 9.80. The SMILES string of the molecule is CC.CC.CC.CC.CC.CC.CC.CC.CC(C)c1ccc(-n2c3ccccc3c3ccccc32)cc1.CC(C)c1cccc(-n2c3ccccc3c3ccccc32)c1.CC(C)n1c2ccccc2c2ccccc21. The molecule has 0 bridgehead atoms. The van der Waals surface area contributed by atoms with Crippen molar-refractivity contribution in [1.82, 2.24) is 13.7 Å². The summed E-state index contributed by atoms with van der Waals surface area (Å²) in [4.78, 5) is 0. The molecule has 0 spiro atoms. The van der Waals surface area contributed by atoms with E-state index in [0.717, 1.165) is 0 Å². The fourth-order valence-corrected chi connectivity index (χ4v) is 8.94. The van der Waals surface area contributed by atoms with Crippen LogP contribution in [0.25, 0.3) is 76.8 Å². The lowest BCUT2D eigenvalue weighted by Gasteiger charge is -2.11. The van der Waals surface area contributed by atoms with E-state index in [9.17, 15) is 0 Å². The van der Waals surface area contributed by atoms with Gasteiger partial charge in [0.25, 0.3) is 0 Å². The summed E-state index contributed by atoms with van der Waals surface area (Å²) in [6.45, 7) is 45.4. The number of nitrogens with zero attached hydrogens (tertiary/aromatic N) is 3. The second-order valence-corrected chi connectivity index (χ2v) is 16.7. The van der Waals surface area contributed by atoms with Crippen LogP contribution in [0.15, 0.2) is 194 Å². The van der Waals surface area contributed by atoms with Crippen molar-refractivity contribution in [2.75, 3.05) is 0 Å². The fraction of sp³-hybridized carbons (Fsp3) is 0.342. The number of fused-ring (bicyclic) bond motifs is 9. The molecule has 11 rings (SSSR count). The Morgan fingerprint density at radius 3 is 0.789 bits per heavy atom. The quantitative estimate of drug-likeness (QED) is 0.163. The van der Waals surface area contributed by atoms with Crippen LogP contribution >= 0.6 is 0 Å². The summed E-state index contributed by atoms with van der Waals surface area (Å²) < 4.78 is 7.13. The van der Waals surface area contributed by atoms with Crippen molar-refractivity contribution in [3.05, 3.63) is 205 Å². The molecule has 0 saturated carbocycles. The fourth-order valence-electron chi connectivity index (χ4n) is 8.94. The van der Waals surface area contributed by atoms with E-state index in [2.05, 4.69) is 249 Å². The van der Waals surface area contributed by atoms with Crippen LogP contribution in [0.4, 0.5) is 0 Å². The summed E-state index contributed by atoms with van der Waals surface area (Å²) in [5.74, 6) is 1.10. The summed E-state index contributed by atoms with van der Waals surface area (Å²) in [7, 11) is 0. The van der Waals surface area contributed by atoms with Gasteiger partial charge in [-0.1, -0.05) is 272 Å². The molecule has 0 fully saturated rings. The van der Waals surface area contributed by atoms with Gasteiger partial charge in [-0.15, -0.1) is 0 Å². The number of aromatic nitrogens is 3. The number of hydrogen-bond acceptors (Lipinski definition) is 0. The van der Waals surface area contributed by atoms with Crippen LogP contribution in [-0.4, -0.2) is 13.7 Å². The monoisotopic (exact) mass is 1020 g/mol. The Balaban J connectivity index is 0.000000507. The predicted octanol–water partition coefficient (Wildman–Crippen LogP) is 24.4. The number of para-hydroxylation sites is 6. The van der Waals surface area contributed by atoms with Gasteiger partial charge in [-0.3, -0.25) is 0 Å². The third kappa shape index (κ3) is 16.1. The van der Waals surface area contributed by atoms with E-state index >= 15 is 0 Å². The van der Waals surface area contributed by atoms with Gasteiger partial charge in [0.1, 0.15) is 0 Å². The standard InChI is InChI=1S/2C21H19N.C15H15N.8C2H6/c1-15(2)16-8-7-9-17(14-16)22-20-12-5-3-10-18(20)19-11-4-6-13-21(19)22;1-15(2)16-11-13-17(14-12-16)22-20-9-5-3-7-18(20)19-8-4-6-10-21(19)22;1-11(2)16-14-9-5-3-7-12(14)13-8-4-6-10-15(13)16;8*1-2/h2*3-15H,1-2H3;3-11H,1-2H3;8*1-2H3. The van der Waals surface area contributed by atoms with Crippen LogP contribution in [0.3, 0.4) is 0 Å². The van der Waals surface area contributed by atoms with Gasteiger partial charge in [0.05, 0.1) is 22.1 Å². The number of rotatable bonds is 5. The maximum atomic E-state index is 2.41. The van der Waals surface area contributed by atoms with E-state index in [0.29, 0.717) is 17.9 Å². The molecule has 408 valence electrons. The second kappa shape index (κ2) is 37.0. The average Bonchev–Trinajstić information content (AvgIpc) is 4.16. The predicted molar refractivity (Wildman–Crippen MR) is 350 cm³/mol. The highest BCUT2D eigenvalue weighted by molar-refractivity contribution is 6.10. The molecule has 0 saturated heterocycles. The molecule has 8 aromatic carbocycles. The van der Waals surface area contributed by atoms with Crippen LogP contribution < -0.4 is 0 Å². The van der Waals surface area contributed by atoms with E-state index in [1.807, 2.05) is 111 Å². The first-order valence-corrected chi connectivity index (χ1v) is 29.4. The molecule has 0 aliphatic rings. The summed E-state index contributed by atoms with van der Waals surface area (Å²) >= 11 is 0. The highest BCUT2D eigenvalue weighted by Gasteiger charge is 2.14. The zero-order valence-electron chi connectivity index (χ0n) is 51.5. The highest BCUT2D eigenvalue weighted by atomic mass is 15.0. The van der Waals surface area contributed by atoms with E-state index in [1.54, 1.807) is 0 Å². The lowest BCUT2D eigenvalue weighted by atomic mass is 10.0. The molecule has 3 heterocycles. The van der Waals surface area contributed by atoms with E-state index in [-0.39, 0.29) is 0 Å². The second-order valence-electron chi connectivity index (χ2n) is 16.7. The summed E-state index contributed by atoms with van der Waals surface area (Å²) in [6, 6.07) is 70.1. The number of hydrogen-bond donors (Lipinski definition) is 0. The largest absolute Gasteiger partial charge is 0.338 e. The third-order valence-corrected chi connectivity index (χ3v) is 11.9. The van der Waals surface area contributed by atoms with Crippen LogP contribution in [0.1, 0.15) is 181 Å². The molecule has 0 radical (unpaired) electrons. The van der Waals surface area contributed by atoms with Gasteiger partial charge in [-0.2, -0.15) is 0 Å². The van der Waals surface area contributed by atoms with E-state index in [1.165, 1.54) is 87.9 Å². The van der Waals surface area contributed by atoms with Crippen molar-refractivity contribution in [2.24, 2.45) is 0 Å². The van der Waals surface area contributed by atoms with Gasteiger partial charge in [0.15, 0.2) is 0 Å². The van der Waals surface area contributed by atoms with Gasteiger partial charge < -0.3 is 13.7 Å². The molecule has 0 atom stereocenters. The minimum Gasteiger partial charge on any atom is -0.338 e. The molecule has 3 aromatic heterocycles. The van der Waals surface area contributed by atoms with Crippen LogP contribution in [-0.2, 0) is 0 Å². The molecular weight excluding hydrogens is 919 g/mol. The van der Waals surface area contributed by atoms with Crippen molar-refractivity contribution in [3.63, 3.8) is 0 Å². The Morgan fingerprint density at radius 2 is 0.500 bits per heavy atom. The van der Waals surface area contributed by atoms with Gasteiger partial charge in [-0.25, -0.2) is 0 Å². The smallest absolute Gasteiger partial charge is 0.0541 e. The molecule has 76 heavy (non-hydrogen) atoms. The molecule has 0 unspecified atom stereocenters. The molecule has 0 N–H and O–H groups in total. The first-order valence-electron chi connectivity index (χ1n) is 29.4. The van der Waals surface area contributed by atoms with E-state index < -0.39 is 0 Å². The molecule has 0 amide bonds. The van der Waals surface area contributed by atoms with Gasteiger partial charge >= 0.3 is 0 Å². The van der Waals surface area contributed by atoms with Crippen LogP contribution in [0.2, 0.25) is 0 Å². The highest BCUT2D eigenvalue weighted by Crippen LogP contribution is 2.35. The Labute approximate surface area is 463 Å². The van der Waals surface area contributed by atoms with Crippen molar-refractivity contribution in [2.45, 2.75) is 170 Å². The minimum absolute atomic E-state index is 0.491. The van der Waals surface area contributed by atoms with Gasteiger partial charge in [-0.05, 0) is 97.5 Å². The zero-order valence-corrected chi connectivity index (χ0v) is 51.5. The molecule has 11 aromatic rings. The van der Waals surface area contributed by atoms with Gasteiger partial charge in [0.2, 0.25) is 0 Å². The maximum Gasteiger partial charge on any atom is 0.0541 e. The van der Waals surface area contributed by atoms with Crippen LogP contribution in [0.5, 0.6) is 0 Å². The lowest BCUT2D eigenvalue weighted by Crippen LogP contribution is -1.99. The molecule has 3 nitrogen and oxygen atoms in total. The Morgan fingerprint density at radius 1 is 0.237 bits per heavy atom. The Hall–Kier alpha value is -6.84. The van der Waals surface area contributed by atoms with Crippen molar-refractivity contribution < 1.29 is 0 Å². The lowest BCUT2D eigenvalue weighted by molar-refractivity contribution is 0.642. The molecule has 0 aliphatic heterocycles. The first kappa shape index (κ1) is 67.2. The molecule has 0 aliphatic carbocycles. The minimum atomic E-state index is 0.491. The summed E-state index contributed by atoms with van der Waals surface area (Å²) in [5.41, 5.74) is 12.9. The van der Waals surface area contributed by atoms with Crippen molar-refractivity contribution in [3.8, 4) is 11.4 Å². The Bertz CT molecular complexity index is 3080. The van der Waals surface area contributed by atoms with E-state index in [4.69, 9.17) is 0 Å². The molecular formula is C73H101N3. The molecule has 3 heteroatoms. The maximum absolute atomic E-state index is 2.41. The Kier molecular flexibility index (Phi) is 32.7. The summed E-state index contributed by atoms with van der Waals surface area (Å²) in [5, 5.41) is 7.96. The van der Waals surface area contributed by atoms with Crippen molar-refractivity contribution >= 4 is 65.4 Å². The zero-order chi connectivity index (χ0) is 57.3. The number of benzene rings is 8. The summed E-state index contributed by atoms with van der Waals surface area (Å²) in [6.07, 6.45) is 0. The first-order chi connectivity index (χ1) is 37.3. The van der Waals surface area contributed by atoms with Gasteiger partial charge in [0, 0.05) is 60.8 Å². The van der Waals surface area contributed by atoms with Crippen LogP contribution in [0, 0.1) is 0 Å². The topological polar surface area (TPSA) is 14.8 Å². The van der Waals surface area contributed by atoms with Crippen molar-refractivity contribution in [1.29, 1.82) is 0 Å². The third-order valence-electron chi connectivity index (χ3n) is 11.9. The average molecular weight is 1020 g/mol.